The molecule has 0 spiro atoms. The summed E-state index contributed by atoms with van der Waals surface area (Å²) in [4.78, 5) is 0. The van der Waals surface area contributed by atoms with Crippen LogP contribution in [0.4, 0.5) is 0 Å². The molecule has 0 saturated carbocycles. The minimum Gasteiger partial charge on any atom is -0.310 e. The maximum Gasteiger partial charge on any atom is 0.0727 e. The van der Waals surface area contributed by atoms with Gasteiger partial charge in [0.25, 0.3) is 0 Å². The first-order valence-corrected chi connectivity index (χ1v) is 7.55. The fourth-order valence-electron chi connectivity index (χ4n) is 2.28. The number of hydrogen-bond acceptors (Lipinski definition) is 2. The molecule has 1 N–H and O–H groups in total. The van der Waals surface area contributed by atoms with Crippen LogP contribution in [0.25, 0.3) is 11.3 Å². The molecule has 0 aliphatic rings. The van der Waals surface area contributed by atoms with E-state index in [4.69, 9.17) is 0 Å². The first-order chi connectivity index (χ1) is 9.72. The lowest BCUT2D eigenvalue weighted by Crippen LogP contribution is -2.22. The summed E-state index contributed by atoms with van der Waals surface area (Å²) in [5.41, 5.74) is 3.79. The summed E-state index contributed by atoms with van der Waals surface area (Å²) in [6.45, 7) is 8.41. The minimum absolute atomic E-state index is 0.484. The fraction of sp³-hybridized carbons (Fsp3) is 0.471. The Hall–Kier alpha value is -1.61. The summed E-state index contributed by atoms with van der Waals surface area (Å²) in [5, 5.41) is 8.07. The number of benzene rings is 1. The lowest BCUT2D eigenvalue weighted by atomic mass is 10.1. The van der Waals surface area contributed by atoms with Gasteiger partial charge in [-0.15, -0.1) is 0 Å². The van der Waals surface area contributed by atoms with E-state index >= 15 is 0 Å². The van der Waals surface area contributed by atoms with Crippen molar-refractivity contribution in [1.29, 1.82) is 0 Å². The Balaban J connectivity index is 2.30. The van der Waals surface area contributed by atoms with Crippen molar-refractivity contribution in [3.63, 3.8) is 0 Å². The lowest BCUT2D eigenvalue weighted by molar-refractivity contribution is 0.573. The normalized spacial score (nSPS) is 11.2. The molecule has 0 aliphatic heterocycles. The molecule has 1 aromatic carbocycles. The highest BCUT2D eigenvalue weighted by Gasteiger charge is 2.12. The molecule has 0 atom stereocenters. The van der Waals surface area contributed by atoms with E-state index in [9.17, 15) is 0 Å². The molecule has 2 aromatic rings. The zero-order chi connectivity index (χ0) is 14.4. The number of aromatic nitrogens is 2. The van der Waals surface area contributed by atoms with Crippen molar-refractivity contribution in [1.82, 2.24) is 15.1 Å². The van der Waals surface area contributed by atoms with Crippen LogP contribution >= 0.6 is 0 Å². The molecular weight excluding hydrogens is 246 g/mol. The van der Waals surface area contributed by atoms with Crippen molar-refractivity contribution < 1.29 is 0 Å². The van der Waals surface area contributed by atoms with Crippen molar-refractivity contribution in [2.75, 3.05) is 0 Å². The minimum atomic E-state index is 0.484. The van der Waals surface area contributed by atoms with E-state index in [0.29, 0.717) is 6.04 Å². The number of nitrogens with one attached hydrogen (secondary N) is 1. The van der Waals surface area contributed by atoms with Gasteiger partial charge in [-0.05, 0) is 6.42 Å². The lowest BCUT2D eigenvalue weighted by Gasteiger charge is -2.12. The summed E-state index contributed by atoms with van der Waals surface area (Å²) < 4.78 is 2.15. The van der Waals surface area contributed by atoms with Gasteiger partial charge in [-0.1, -0.05) is 57.5 Å². The van der Waals surface area contributed by atoms with Crippen LogP contribution in [-0.2, 0) is 13.1 Å². The maximum absolute atomic E-state index is 4.58. The standard InChI is InChI=1S/C17H25N3/c1-4-5-11-20-17(15-9-7-6-8-10-15)16(13-19-20)12-18-14(2)3/h6-10,13-14,18H,4-5,11-12H2,1-3H3. The summed E-state index contributed by atoms with van der Waals surface area (Å²) in [5.74, 6) is 0. The van der Waals surface area contributed by atoms with E-state index in [1.807, 2.05) is 6.20 Å². The van der Waals surface area contributed by atoms with Gasteiger partial charge < -0.3 is 5.32 Å². The van der Waals surface area contributed by atoms with E-state index in [2.05, 4.69) is 66.2 Å². The predicted molar refractivity (Wildman–Crippen MR) is 84.5 cm³/mol. The third-order valence-electron chi connectivity index (χ3n) is 3.39. The zero-order valence-corrected chi connectivity index (χ0v) is 12.8. The molecule has 1 heterocycles. The number of unbranched alkanes of at least 4 members (excludes halogenated alkanes) is 1. The van der Waals surface area contributed by atoms with Gasteiger partial charge in [0.15, 0.2) is 0 Å². The van der Waals surface area contributed by atoms with Crippen molar-refractivity contribution in [2.24, 2.45) is 0 Å². The van der Waals surface area contributed by atoms with Crippen molar-refractivity contribution >= 4 is 0 Å². The molecule has 0 saturated heterocycles. The van der Waals surface area contributed by atoms with Gasteiger partial charge in [0, 0.05) is 30.3 Å². The van der Waals surface area contributed by atoms with Gasteiger partial charge in [-0.2, -0.15) is 5.10 Å². The molecule has 1 aromatic heterocycles. The molecule has 20 heavy (non-hydrogen) atoms. The second-order valence-corrected chi connectivity index (χ2v) is 5.50. The van der Waals surface area contributed by atoms with Crippen LogP contribution in [0.15, 0.2) is 36.5 Å². The van der Waals surface area contributed by atoms with Crippen molar-refractivity contribution in [3.8, 4) is 11.3 Å². The van der Waals surface area contributed by atoms with Crippen LogP contribution in [0.3, 0.4) is 0 Å². The molecular formula is C17H25N3. The summed E-state index contributed by atoms with van der Waals surface area (Å²) in [6, 6.07) is 11.1. The first kappa shape index (κ1) is 14.8. The zero-order valence-electron chi connectivity index (χ0n) is 12.8. The highest BCUT2D eigenvalue weighted by molar-refractivity contribution is 5.63. The Morgan fingerprint density at radius 2 is 1.95 bits per heavy atom. The van der Waals surface area contributed by atoms with Gasteiger partial charge >= 0.3 is 0 Å². The van der Waals surface area contributed by atoms with E-state index in [1.165, 1.54) is 29.7 Å². The summed E-state index contributed by atoms with van der Waals surface area (Å²) >= 11 is 0. The molecule has 0 amide bonds. The van der Waals surface area contributed by atoms with Crippen LogP contribution in [-0.4, -0.2) is 15.8 Å². The van der Waals surface area contributed by atoms with E-state index in [1.54, 1.807) is 0 Å². The molecule has 108 valence electrons. The molecule has 3 nitrogen and oxygen atoms in total. The van der Waals surface area contributed by atoms with Crippen LogP contribution in [0.2, 0.25) is 0 Å². The van der Waals surface area contributed by atoms with Crippen LogP contribution < -0.4 is 5.32 Å². The van der Waals surface area contributed by atoms with Gasteiger partial charge in [-0.3, -0.25) is 4.68 Å². The largest absolute Gasteiger partial charge is 0.310 e. The van der Waals surface area contributed by atoms with Gasteiger partial charge in [-0.25, -0.2) is 0 Å². The monoisotopic (exact) mass is 271 g/mol. The molecule has 2 rings (SSSR count). The Bertz CT molecular complexity index is 514. The number of hydrogen-bond donors (Lipinski definition) is 1. The number of nitrogens with zero attached hydrogens (tertiary/aromatic N) is 2. The first-order valence-electron chi connectivity index (χ1n) is 7.55. The van der Waals surface area contributed by atoms with E-state index < -0.39 is 0 Å². The van der Waals surface area contributed by atoms with Crippen LogP contribution in [0.5, 0.6) is 0 Å². The third kappa shape index (κ3) is 3.70. The van der Waals surface area contributed by atoms with Gasteiger partial charge in [0.1, 0.15) is 0 Å². The van der Waals surface area contributed by atoms with Crippen LogP contribution in [0.1, 0.15) is 39.2 Å². The molecule has 3 heteroatoms. The summed E-state index contributed by atoms with van der Waals surface area (Å²) in [6.07, 6.45) is 4.36. The average molecular weight is 271 g/mol. The number of aryl methyl sites for hydroxylation is 1. The summed E-state index contributed by atoms with van der Waals surface area (Å²) in [7, 11) is 0. The molecule has 0 aliphatic carbocycles. The Morgan fingerprint density at radius 3 is 2.60 bits per heavy atom. The number of rotatable bonds is 7. The Kier molecular flexibility index (Phi) is 5.36. The fourth-order valence-corrected chi connectivity index (χ4v) is 2.28. The SMILES string of the molecule is CCCCn1ncc(CNC(C)C)c1-c1ccccc1. The topological polar surface area (TPSA) is 29.9 Å². The third-order valence-corrected chi connectivity index (χ3v) is 3.39. The highest BCUT2D eigenvalue weighted by atomic mass is 15.3. The quantitative estimate of drug-likeness (QED) is 0.829. The highest BCUT2D eigenvalue weighted by Crippen LogP contribution is 2.24. The second kappa shape index (κ2) is 7.25. The van der Waals surface area contributed by atoms with E-state index in [-0.39, 0.29) is 0 Å². The molecule has 0 radical (unpaired) electrons. The molecule has 0 bridgehead atoms. The van der Waals surface area contributed by atoms with Crippen LogP contribution in [0, 0.1) is 0 Å². The van der Waals surface area contributed by atoms with E-state index in [0.717, 1.165) is 13.1 Å². The maximum atomic E-state index is 4.58. The Morgan fingerprint density at radius 1 is 1.20 bits per heavy atom. The molecule has 0 fully saturated rings. The second-order valence-electron chi connectivity index (χ2n) is 5.50. The average Bonchev–Trinajstić information content (AvgIpc) is 2.86. The van der Waals surface area contributed by atoms with Gasteiger partial charge in [0.2, 0.25) is 0 Å². The predicted octanol–water partition coefficient (Wildman–Crippen LogP) is 3.85. The smallest absolute Gasteiger partial charge is 0.0727 e. The Labute approximate surface area is 122 Å². The van der Waals surface area contributed by atoms with Gasteiger partial charge in [0.05, 0.1) is 11.9 Å². The molecule has 0 unspecified atom stereocenters. The van der Waals surface area contributed by atoms with Crippen molar-refractivity contribution in [3.05, 3.63) is 42.1 Å². The van der Waals surface area contributed by atoms with Crippen molar-refractivity contribution in [2.45, 2.75) is 52.7 Å².